The Balaban J connectivity index is 4.23. The van der Waals surface area contributed by atoms with Crippen molar-refractivity contribution in [3.8, 4) is 0 Å². The highest BCUT2D eigenvalue weighted by atomic mass is 16.5. The van der Waals surface area contributed by atoms with E-state index in [9.17, 15) is 9.59 Å². The van der Waals surface area contributed by atoms with Gasteiger partial charge in [0.05, 0.1) is 34.0 Å². The number of rotatable bonds is 12. The smallest absolute Gasteiger partial charge is 0.310 e. The van der Waals surface area contributed by atoms with E-state index in [2.05, 4.69) is 13.0 Å². The average molecular weight is 338 g/mol. The van der Waals surface area contributed by atoms with Crippen LogP contribution < -0.4 is 0 Å². The van der Waals surface area contributed by atoms with Crippen LogP contribution in [-0.4, -0.2) is 55.3 Å². The number of esters is 1. The lowest BCUT2D eigenvalue weighted by atomic mass is 10.2. The van der Waals surface area contributed by atoms with Crippen LogP contribution in [0.3, 0.4) is 0 Å². The minimum absolute atomic E-state index is 0.136. The zero-order chi connectivity index (χ0) is 18.4. The highest BCUT2D eigenvalue weighted by molar-refractivity contribution is 5.72. The number of allylic oxidation sites excluding steroid dienone is 5. The van der Waals surface area contributed by atoms with E-state index in [0.29, 0.717) is 11.0 Å². The fourth-order valence-corrected chi connectivity index (χ4v) is 2.05. The zero-order valence-electron chi connectivity index (χ0n) is 15.4. The molecule has 0 saturated heterocycles. The summed E-state index contributed by atoms with van der Waals surface area (Å²) in [5.74, 6) is -1.37. The topological polar surface area (TPSA) is 63.6 Å². The van der Waals surface area contributed by atoms with Gasteiger partial charge in [-0.15, -0.1) is 0 Å². The van der Waals surface area contributed by atoms with E-state index in [1.54, 1.807) is 12.2 Å². The molecule has 0 aliphatic carbocycles. The van der Waals surface area contributed by atoms with Crippen molar-refractivity contribution in [2.75, 3.05) is 27.7 Å². The third-order valence-electron chi connectivity index (χ3n) is 3.07. The molecular weight excluding hydrogens is 306 g/mol. The van der Waals surface area contributed by atoms with Gasteiger partial charge >= 0.3 is 11.9 Å². The molecule has 0 aromatic carbocycles. The first kappa shape index (κ1) is 22.1. The van der Waals surface area contributed by atoms with Gasteiger partial charge in [0, 0.05) is 0 Å². The minimum atomic E-state index is -0.963. The summed E-state index contributed by atoms with van der Waals surface area (Å²) in [5.41, 5.74) is 0. The summed E-state index contributed by atoms with van der Waals surface area (Å²) in [5, 5.41) is 8.92. The van der Waals surface area contributed by atoms with Crippen molar-refractivity contribution < 1.29 is 23.9 Å². The molecule has 0 radical (unpaired) electrons. The van der Waals surface area contributed by atoms with Crippen LogP contribution in [0.4, 0.5) is 0 Å². The molecule has 0 bridgehead atoms. The molecule has 5 heteroatoms. The van der Waals surface area contributed by atoms with E-state index < -0.39 is 18.0 Å². The molecule has 0 amide bonds. The number of carboxylic acids is 1. The van der Waals surface area contributed by atoms with Gasteiger partial charge in [0.2, 0.25) is 0 Å². The van der Waals surface area contributed by atoms with E-state index in [1.807, 2.05) is 39.4 Å². The first-order valence-corrected chi connectivity index (χ1v) is 8.44. The Labute approximate surface area is 145 Å². The lowest BCUT2D eigenvalue weighted by Gasteiger charge is -2.28. The van der Waals surface area contributed by atoms with Crippen LogP contribution in [0, 0.1) is 0 Å². The van der Waals surface area contributed by atoms with Crippen LogP contribution >= 0.6 is 0 Å². The number of carbonyl (C=O) groups excluding carboxylic acids is 1. The van der Waals surface area contributed by atoms with Gasteiger partial charge in [0.1, 0.15) is 6.54 Å². The average Bonchev–Trinajstić information content (AvgIpc) is 2.42. The molecule has 0 aliphatic rings. The summed E-state index contributed by atoms with van der Waals surface area (Å²) < 4.78 is 5.82. The van der Waals surface area contributed by atoms with E-state index in [4.69, 9.17) is 9.84 Å². The molecule has 0 spiro atoms. The van der Waals surface area contributed by atoms with Gasteiger partial charge in [-0.25, -0.2) is 0 Å². The first-order valence-electron chi connectivity index (χ1n) is 8.44. The van der Waals surface area contributed by atoms with Gasteiger partial charge in [0.25, 0.3) is 0 Å². The molecule has 1 unspecified atom stereocenters. The molecule has 0 saturated carbocycles. The van der Waals surface area contributed by atoms with E-state index in [1.165, 1.54) is 12.8 Å². The van der Waals surface area contributed by atoms with Crippen LogP contribution in [0.1, 0.15) is 39.0 Å². The second kappa shape index (κ2) is 12.5. The molecule has 0 aliphatic heterocycles. The third kappa shape index (κ3) is 15.0. The normalized spacial score (nSPS) is 13.8. The number of quaternary nitrogens is 1. The van der Waals surface area contributed by atoms with Crippen molar-refractivity contribution in [1.82, 2.24) is 0 Å². The third-order valence-corrected chi connectivity index (χ3v) is 3.07. The summed E-state index contributed by atoms with van der Waals surface area (Å²) in [6.07, 6.45) is 14.2. The first-order chi connectivity index (χ1) is 11.2. The molecule has 24 heavy (non-hydrogen) atoms. The van der Waals surface area contributed by atoms with Gasteiger partial charge < -0.3 is 14.3 Å². The summed E-state index contributed by atoms with van der Waals surface area (Å²) in [4.78, 5) is 22.7. The number of hydrogen-bond acceptors (Lipinski definition) is 3. The molecule has 5 nitrogen and oxygen atoms in total. The summed E-state index contributed by atoms with van der Waals surface area (Å²) in [6.45, 7) is 2.62. The van der Waals surface area contributed by atoms with Gasteiger partial charge in [-0.1, -0.05) is 56.2 Å². The Kier molecular flexibility index (Phi) is 11.5. The maximum absolute atomic E-state index is 11.8. The Morgan fingerprint density at radius 3 is 2.25 bits per heavy atom. The highest BCUT2D eigenvalue weighted by Crippen LogP contribution is 2.07. The minimum Gasteiger partial charge on any atom is -0.481 e. The molecule has 0 heterocycles. The molecule has 1 atom stereocenters. The Hall–Kier alpha value is -1.88. The number of ether oxygens (including phenoxy) is 1. The summed E-state index contributed by atoms with van der Waals surface area (Å²) in [7, 11) is 5.80. The van der Waals surface area contributed by atoms with Crippen LogP contribution in [0.15, 0.2) is 36.5 Å². The second-order valence-corrected chi connectivity index (χ2v) is 6.77. The van der Waals surface area contributed by atoms with E-state index in [-0.39, 0.29) is 12.8 Å². The quantitative estimate of drug-likeness (QED) is 0.257. The highest BCUT2D eigenvalue weighted by Gasteiger charge is 2.24. The number of likely N-dealkylation sites (N-methyl/N-ethyl adjacent to an activating group) is 1. The fraction of sp³-hybridized carbons (Fsp3) is 0.579. The van der Waals surface area contributed by atoms with Gasteiger partial charge in [-0.2, -0.15) is 0 Å². The van der Waals surface area contributed by atoms with E-state index in [0.717, 1.165) is 6.42 Å². The predicted molar refractivity (Wildman–Crippen MR) is 96.6 cm³/mol. The molecule has 136 valence electrons. The second-order valence-electron chi connectivity index (χ2n) is 6.77. The van der Waals surface area contributed by atoms with Crippen LogP contribution in [0.25, 0.3) is 0 Å². The lowest BCUT2D eigenvalue weighted by molar-refractivity contribution is -0.873. The fourth-order valence-electron chi connectivity index (χ4n) is 2.05. The SMILES string of the molecule is CCCC/C=C/C=C/C=C/CC(=O)OC(CC(=O)O)C[N+](C)(C)C. The van der Waals surface area contributed by atoms with Gasteiger partial charge in [-0.05, 0) is 6.42 Å². The maximum atomic E-state index is 11.8. The summed E-state index contributed by atoms with van der Waals surface area (Å²) in [6, 6.07) is 0. The molecule has 0 aromatic rings. The van der Waals surface area contributed by atoms with Crippen molar-refractivity contribution in [1.29, 1.82) is 0 Å². The molecule has 0 fully saturated rings. The number of carbonyl (C=O) groups is 2. The Bertz CT molecular complexity index is 458. The molecule has 0 rings (SSSR count). The molecule has 1 N–H and O–H groups in total. The summed E-state index contributed by atoms with van der Waals surface area (Å²) >= 11 is 0. The Morgan fingerprint density at radius 2 is 1.71 bits per heavy atom. The van der Waals surface area contributed by atoms with Gasteiger partial charge in [-0.3, -0.25) is 9.59 Å². The number of carboxylic acid groups (broad SMARTS) is 1. The van der Waals surface area contributed by atoms with Crippen molar-refractivity contribution in [3.63, 3.8) is 0 Å². The van der Waals surface area contributed by atoms with Crippen molar-refractivity contribution in [2.45, 2.75) is 45.1 Å². The van der Waals surface area contributed by atoms with E-state index >= 15 is 0 Å². The van der Waals surface area contributed by atoms with Crippen LogP contribution in [0.5, 0.6) is 0 Å². The number of nitrogens with zero attached hydrogens (tertiary/aromatic N) is 1. The zero-order valence-corrected chi connectivity index (χ0v) is 15.4. The number of hydrogen-bond donors (Lipinski definition) is 1. The largest absolute Gasteiger partial charge is 0.481 e. The monoisotopic (exact) mass is 338 g/mol. The van der Waals surface area contributed by atoms with Crippen molar-refractivity contribution in [2.24, 2.45) is 0 Å². The van der Waals surface area contributed by atoms with Crippen LogP contribution in [0.2, 0.25) is 0 Å². The number of unbranched alkanes of at least 4 members (excludes halogenated alkanes) is 2. The standard InChI is InChI=1S/C19H31NO4/c1-5-6-7-8-9-10-11-12-13-14-19(23)24-17(15-18(21)22)16-20(2,3)4/h8-13,17H,5-7,14-16H2,1-4H3/p+1/b9-8+,11-10+,13-12+. The molecule has 0 aromatic heterocycles. The van der Waals surface area contributed by atoms with Crippen LogP contribution in [-0.2, 0) is 14.3 Å². The van der Waals surface area contributed by atoms with Gasteiger partial charge in [0.15, 0.2) is 6.10 Å². The predicted octanol–water partition coefficient (Wildman–Crippen LogP) is 3.33. The molecular formula is C19H32NO4+. The lowest BCUT2D eigenvalue weighted by Crippen LogP contribution is -2.43. The Morgan fingerprint density at radius 1 is 1.08 bits per heavy atom. The van der Waals surface area contributed by atoms with Crippen molar-refractivity contribution in [3.05, 3.63) is 36.5 Å². The van der Waals surface area contributed by atoms with Crippen molar-refractivity contribution >= 4 is 11.9 Å². The maximum Gasteiger partial charge on any atom is 0.310 e. The number of aliphatic carboxylic acids is 1.